The van der Waals surface area contributed by atoms with Crippen LogP contribution in [0.5, 0.6) is 17.2 Å². The van der Waals surface area contributed by atoms with Crippen LogP contribution in [0.3, 0.4) is 0 Å². The summed E-state index contributed by atoms with van der Waals surface area (Å²) in [6.45, 7) is 1.81. The minimum Gasteiger partial charge on any atom is -0.493 e. The Labute approximate surface area is 167 Å². The first-order valence-electron chi connectivity index (χ1n) is 8.47. The van der Waals surface area contributed by atoms with E-state index in [1.807, 2.05) is 25.1 Å². The molecule has 28 heavy (non-hydrogen) atoms. The number of rotatable bonds is 8. The summed E-state index contributed by atoms with van der Waals surface area (Å²) in [7, 11) is 4.60. The van der Waals surface area contributed by atoms with Gasteiger partial charge in [0, 0.05) is 11.1 Å². The van der Waals surface area contributed by atoms with Gasteiger partial charge >= 0.3 is 0 Å². The third-order valence-electron chi connectivity index (χ3n) is 4.02. The lowest BCUT2D eigenvalue weighted by Gasteiger charge is -2.12. The molecule has 0 aliphatic carbocycles. The van der Waals surface area contributed by atoms with Crippen LogP contribution in [0.4, 0.5) is 0 Å². The zero-order valence-corrected chi connectivity index (χ0v) is 16.8. The average Bonchev–Trinajstić information content (AvgIpc) is 3.21. The number of hydrogen-bond donors (Lipinski definition) is 0. The van der Waals surface area contributed by atoms with Crippen molar-refractivity contribution in [1.29, 1.82) is 0 Å². The zero-order chi connectivity index (χ0) is 20.1. The van der Waals surface area contributed by atoms with Crippen LogP contribution >= 0.6 is 11.8 Å². The molecule has 1 heterocycles. The predicted molar refractivity (Wildman–Crippen MR) is 105 cm³/mol. The summed E-state index contributed by atoms with van der Waals surface area (Å²) in [5, 5.41) is 8.06. The summed E-state index contributed by atoms with van der Waals surface area (Å²) in [6, 6.07) is 12.6. The van der Waals surface area contributed by atoms with Gasteiger partial charge in [-0.25, -0.2) is 0 Å². The van der Waals surface area contributed by atoms with Gasteiger partial charge in [-0.3, -0.25) is 4.79 Å². The van der Waals surface area contributed by atoms with Crippen LogP contribution in [0.25, 0.3) is 11.5 Å². The first-order valence-corrected chi connectivity index (χ1v) is 9.35. The van der Waals surface area contributed by atoms with Crippen molar-refractivity contribution in [2.45, 2.75) is 17.4 Å². The highest BCUT2D eigenvalue weighted by molar-refractivity contribution is 8.00. The topological polar surface area (TPSA) is 83.7 Å². The van der Waals surface area contributed by atoms with Crippen molar-refractivity contribution in [3.8, 4) is 28.7 Å². The fourth-order valence-corrected chi connectivity index (χ4v) is 3.38. The maximum Gasteiger partial charge on any atom is 0.277 e. The third kappa shape index (κ3) is 4.12. The number of aromatic nitrogens is 2. The molecule has 0 saturated heterocycles. The van der Waals surface area contributed by atoms with Gasteiger partial charge < -0.3 is 18.6 Å². The Morgan fingerprint density at radius 1 is 1.00 bits per heavy atom. The van der Waals surface area contributed by atoms with Crippen LogP contribution in [0.2, 0.25) is 0 Å². The normalized spacial score (nSPS) is 11.7. The molecule has 1 aromatic heterocycles. The lowest BCUT2D eigenvalue weighted by molar-refractivity contribution is 0.0993. The number of carbonyl (C=O) groups excluding carboxylic acids is 1. The third-order valence-corrected chi connectivity index (χ3v) is 4.96. The first-order chi connectivity index (χ1) is 13.6. The Morgan fingerprint density at radius 3 is 2.21 bits per heavy atom. The SMILES string of the molecule is COc1cc(-c2nnc(SC(C)C(=O)c3ccccc3)o2)cc(OC)c1OC. The summed E-state index contributed by atoms with van der Waals surface area (Å²) in [5.74, 6) is 1.73. The maximum absolute atomic E-state index is 12.5. The van der Waals surface area contributed by atoms with Gasteiger partial charge in [0.15, 0.2) is 17.3 Å². The molecular formula is C20H20N2O5S. The van der Waals surface area contributed by atoms with E-state index in [1.54, 1.807) is 24.3 Å². The van der Waals surface area contributed by atoms with E-state index in [1.165, 1.54) is 33.1 Å². The summed E-state index contributed by atoms with van der Waals surface area (Å²) in [4.78, 5) is 12.5. The van der Waals surface area contributed by atoms with Gasteiger partial charge in [0.25, 0.3) is 5.22 Å². The predicted octanol–water partition coefficient (Wildman–Crippen LogP) is 4.13. The molecule has 0 saturated carbocycles. The number of ether oxygens (including phenoxy) is 3. The molecule has 3 rings (SSSR count). The number of ketones is 1. The van der Waals surface area contributed by atoms with E-state index in [-0.39, 0.29) is 11.0 Å². The molecule has 3 aromatic rings. The van der Waals surface area contributed by atoms with Gasteiger partial charge in [0.2, 0.25) is 11.6 Å². The number of nitrogens with zero attached hydrogens (tertiary/aromatic N) is 2. The van der Waals surface area contributed by atoms with Crippen LogP contribution in [-0.2, 0) is 0 Å². The first kappa shape index (κ1) is 19.8. The Bertz CT molecular complexity index is 933. The minimum atomic E-state index is -0.365. The van der Waals surface area contributed by atoms with E-state index in [2.05, 4.69) is 10.2 Å². The molecule has 1 unspecified atom stereocenters. The van der Waals surface area contributed by atoms with Crippen molar-refractivity contribution in [3.05, 3.63) is 48.0 Å². The van der Waals surface area contributed by atoms with E-state index in [0.29, 0.717) is 39.5 Å². The van der Waals surface area contributed by atoms with Gasteiger partial charge in [-0.15, -0.1) is 10.2 Å². The van der Waals surface area contributed by atoms with Gasteiger partial charge in [0.1, 0.15) is 0 Å². The highest BCUT2D eigenvalue weighted by Gasteiger charge is 2.21. The summed E-state index contributed by atoms with van der Waals surface area (Å²) >= 11 is 1.21. The van der Waals surface area contributed by atoms with Gasteiger partial charge in [-0.1, -0.05) is 42.1 Å². The van der Waals surface area contributed by atoms with E-state index >= 15 is 0 Å². The van der Waals surface area contributed by atoms with Crippen LogP contribution in [0.15, 0.2) is 52.1 Å². The molecule has 0 spiro atoms. The lowest BCUT2D eigenvalue weighted by atomic mass is 10.1. The van der Waals surface area contributed by atoms with Crippen molar-refractivity contribution in [1.82, 2.24) is 10.2 Å². The largest absolute Gasteiger partial charge is 0.493 e. The molecule has 0 aliphatic rings. The van der Waals surface area contributed by atoms with Crippen LogP contribution < -0.4 is 14.2 Å². The van der Waals surface area contributed by atoms with Crippen molar-refractivity contribution in [2.24, 2.45) is 0 Å². The molecule has 8 heteroatoms. The lowest BCUT2D eigenvalue weighted by Crippen LogP contribution is -2.13. The summed E-state index contributed by atoms with van der Waals surface area (Å²) in [6.07, 6.45) is 0. The highest BCUT2D eigenvalue weighted by atomic mass is 32.2. The second-order valence-corrected chi connectivity index (χ2v) is 7.07. The Morgan fingerprint density at radius 2 is 1.64 bits per heavy atom. The van der Waals surface area contributed by atoms with E-state index in [0.717, 1.165) is 0 Å². The fourth-order valence-electron chi connectivity index (χ4n) is 2.62. The van der Waals surface area contributed by atoms with E-state index < -0.39 is 0 Å². The molecule has 2 aromatic carbocycles. The maximum atomic E-state index is 12.5. The second-order valence-electron chi connectivity index (χ2n) is 5.78. The van der Waals surface area contributed by atoms with Gasteiger partial charge in [-0.05, 0) is 19.1 Å². The van der Waals surface area contributed by atoms with Gasteiger partial charge in [0.05, 0.1) is 26.6 Å². The number of methoxy groups -OCH3 is 3. The zero-order valence-electron chi connectivity index (χ0n) is 16.0. The molecule has 0 N–H and O–H groups in total. The van der Waals surface area contributed by atoms with E-state index in [4.69, 9.17) is 18.6 Å². The van der Waals surface area contributed by atoms with Gasteiger partial charge in [-0.2, -0.15) is 0 Å². The molecule has 0 aliphatic heterocycles. The van der Waals surface area contributed by atoms with Crippen LogP contribution in [-0.4, -0.2) is 42.6 Å². The number of hydrogen-bond acceptors (Lipinski definition) is 8. The average molecular weight is 400 g/mol. The summed E-state index contributed by atoms with van der Waals surface area (Å²) in [5.41, 5.74) is 1.27. The smallest absolute Gasteiger partial charge is 0.277 e. The van der Waals surface area contributed by atoms with Crippen LogP contribution in [0, 0.1) is 0 Å². The van der Waals surface area contributed by atoms with Crippen molar-refractivity contribution < 1.29 is 23.4 Å². The molecule has 0 fully saturated rings. The Balaban J connectivity index is 1.81. The molecule has 1 atom stereocenters. The molecular weight excluding hydrogens is 380 g/mol. The fraction of sp³-hybridized carbons (Fsp3) is 0.250. The number of benzene rings is 2. The molecule has 7 nitrogen and oxygen atoms in total. The number of Topliss-reactive ketones (excluding diaryl/α,β-unsaturated/α-hetero) is 1. The Kier molecular flexibility index (Phi) is 6.20. The van der Waals surface area contributed by atoms with Crippen molar-refractivity contribution >= 4 is 17.5 Å². The van der Waals surface area contributed by atoms with Crippen molar-refractivity contribution in [2.75, 3.05) is 21.3 Å². The molecule has 0 radical (unpaired) electrons. The van der Waals surface area contributed by atoms with Crippen LogP contribution in [0.1, 0.15) is 17.3 Å². The highest BCUT2D eigenvalue weighted by Crippen LogP contribution is 2.41. The van der Waals surface area contributed by atoms with E-state index in [9.17, 15) is 4.79 Å². The monoisotopic (exact) mass is 400 g/mol. The minimum absolute atomic E-state index is 0.00173. The van der Waals surface area contributed by atoms with Crippen molar-refractivity contribution in [3.63, 3.8) is 0 Å². The molecule has 0 bridgehead atoms. The standard InChI is InChI=1S/C20H20N2O5S/c1-12(17(23)13-8-6-5-7-9-13)28-20-22-21-19(27-20)14-10-15(24-2)18(26-4)16(11-14)25-3/h5-12H,1-4H3. The Hall–Kier alpha value is -3.00. The summed E-state index contributed by atoms with van der Waals surface area (Å²) < 4.78 is 21.7. The number of carbonyl (C=O) groups is 1. The number of thioether (sulfide) groups is 1. The molecule has 146 valence electrons. The quantitative estimate of drug-likeness (QED) is 0.412. The molecule has 0 amide bonds. The second kappa shape index (κ2) is 8.79.